The second-order valence-corrected chi connectivity index (χ2v) is 4.51. The van der Waals surface area contributed by atoms with Crippen molar-refractivity contribution in [2.75, 3.05) is 0 Å². The van der Waals surface area contributed by atoms with Crippen molar-refractivity contribution in [2.24, 2.45) is 0 Å². The van der Waals surface area contributed by atoms with Gasteiger partial charge in [-0.3, -0.25) is 0 Å². The van der Waals surface area contributed by atoms with E-state index in [-0.39, 0.29) is 5.60 Å². The molecule has 0 aliphatic carbocycles. The van der Waals surface area contributed by atoms with E-state index in [1.807, 2.05) is 27.7 Å². The van der Waals surface area contributed by atoms with E-state index in [1.165, 1.54) is 0 Å². The smallest absolute Gasteiger partial charge is 0.366 e. The fraction of sp³-hybridized carbons (Fsp3) is 0.857. The molecule has 0 aliphatic rings. The van der Waals surface area contributed by atoms with Crippen molar-refractivity contribution in [3.05, 3.63) is 0 Å². The predicted molar refractivity (Wildman–Crippen MR) is 53.4 cm³/mol. The van der Waals surface area contributed by atoms with Crippen molar-refractivity contribution >= 4 is 27.3 Å². The first-order valence-corrected chi connectivity index (χ1v) is 5.31. The molecule has 4 heteroatoms. The summed E-state index contributed by atoms with van der Waals surface area (Å²) in [6.45, 7) is 8.02. The Morgan fingerprint density at radius 3 is 2.36 bits per heavy atom. The Kier molecular flexibility index (Phi) is 4.88. The number of hydrogen-bond acceptors (Lipinski definition) is 3. The quantitative estimate of drug-likeness (QED) is 0.499. The lowest BCUT2D eigenvalue weighted by Crippen LogP contribution is -2.24. The van der Waals surface area contributed by atoms with Crippen molar-refractivity contribution in [1.82, 2.24) is 0 Å². The third-order valence-electron chi connectivity index (χ3n) is 1.00. The maximum atomic E-state index is 5.43. The molecule has 0 aromatic rings. The molecule has 0 spiro atoms. The van der Waals surface area contributed by atoms with Crippen LogP contribution in [0.3, 0.4) is 0 Å². The van der Waals surface area contributed by atoms with Crippen LogP contribution in [0.4, 0.5) is 0 Å². The van der Waals surface area contributed by atoms with Gasteiger partial charge in [0.15, 0.2) is 0 Å². The molecule has 0 amide bonds. The summed E-state index contributed by atoms with van der Waals surface area (Å²) < 4.78 is 10.6. The zero-order valence-corrected chi connectivity index (χ0v) is 9.87. The van der Waals surface area contributed by atoms with E-state index >= 15 is 0 Å². The monoisotopic (exact) mass is 192 g/mol. The largest absolute Gasteiger partial charge is 0.520 e. The van der Waals surface area contributed by atoms with Crippen LogP contribution in [0.25, 0.3) is 0 Å². The van der Waals surface area contributed by atoms with Crippen LogP contribution in [0.1, 0.15) is 34.1 Å². The Hall–Kier alpha value is 0.0669. The van der Waals surface area contributed by atoms with Gasteiger partial charge in [-0.2, -0.15) is 0 Å². The van der Waals surface area contributed by atoms with E-state index < -0.39 is 10.0 Å². The number of thiocarbonyl (C=S) groups is 1. The minimum atomic E-state index is -0.893. The maximum absolute atomic E-state index is 5.43. The van der Waals surface area contributed by atoms with E-state index in [2.05, 4.69) is 0 Å². The van der Waals surface area contributed by atoms with Crippen LogP contribution in [0, 0.1) is 0 Å². The summed E-state index contributed by atoms with van der Waals surface area (Å²) in [4.78, 5) is 0. The Bertz CT molecular complexity index is 131. The highest BCUT2D eigenvalue weighted by Crippen LogP contribution is 2.05. The lowest BCUT2D eigenvalue weighted by atomic mass is 10.2. The van der Waals surface area contributed by atoms with Gasteiger partial charge in [0, 0.05) is 6.42 Å². The molecule has 0 saturated carbocycles. The fourth-order valence-corrected chi connectivity index (χ4v) is 1.27. The maximum Gasteiger partial charge on any atom is 0.366 e. The van der Waals surface area contributed by atoms with Gasteiger partial charge in [0.2, 0.25) is 0 Å². The van der Waals surface area contributed by atoms with E-state index in [9.17, 15) is 0 Å². The lowest BCUT2D eigenvalue weighted by Gasteiger charge is -2.19. The first-order valence-electron chi connectivity index (χ1n) is 3.75. The fourth-order valence-electron chi connectivity index (χ4n) is 0.374. The Balaban J connectivity index is 3.35. The SMILES string of the molecule is CCC(=S)O[SiH2]OC(C)(C)C. The first-order chi connectivity index (χ1) is 4.95. The van der Waals surface area contributed by atoms with Crippen molar-refractivity contribution in [3.8, 4) is 0 Å². The summed E-state index contributed by atoms with van der Waals surface area (Å²) in [5, 5.41) is 0.668. The molecule has 0 bridgehead atoms. The van der Waals surface area contributed by atoms with Crippen molar-refractivity contribution in [3.63, 3.8) is 0 Å². The van der Waals surface area contributed by atoms with E-state index in [1.54, 1.807) is 0 Å². The van der Waals surface area contributed by atoms with Gasteiger partial charge in [0.05, 0.1) is 5.60 Å². The molecule has 0 fully saturated rings. The molecular weight excluding hydrogens is 176 g/mol. The lowest BCUT2D eigenvalue weighted by molar-refractivity contribution is 0.117. The number of rotatable bonds is 3. The van der Waals surface area contributed by atoms with Gasteiger partial charge >= 0.3 is 10.0 Å². The average Bonchev–Trinajstić information content (AvgIpc) is 1.85. The molecule has 0 atom stereocenters. The molecule has 0 radical (unpaired) electrons. The van der Waals surface area contributed by atoms with Crippen molar-refractivity contribution in [2.45, 2.75) is 39.7 Å². The summed E-state index contributed by atoms with van der Waals surface area (Å²) in [6, 6.07) is 0. The Morgan fingerprint density at radius 2 is 2.00 bits per heavy atom. The predicted octanol–water partition coefficient (Wildman–Crippen LogP) is 1.55. The molecule has 0 saturated heterocycles. The van der Waals surface area contributed by atoms with Crippen LogP contribution in [0.5, 0.6) is 0 Å². The van der Waals surface area contributed by atoms with E-state index in [0.29, 0.717) is 5.05 Å². The van der Waals surface area contributed by atoms with Gasteiger partial charge in [-0.15, -0.1) is 0 Å². The summed E-state index contributed by atoms with van der Waals surface area (Å²) in [5.41, 5.74) is -0.0877. The third kappa shape index (κ3) is 7.97. The zero-order chi connectivity index (χ0) is 8.91. The second kappa shape index (κ2) is 4.85. The molecular formula is C7H16O2SSi. The summed E-state index contributed by atoms with van der Waals surface area (Å²) in [6.07, 6.45) is 0.801. The highest BCUT2D eigenvalue weighted by Gasteiger charge is 2.09. The van der Waals surface area contributed by atoms with E-state index in [0.717, 1.165) is 6.42 Å². The van der Waals surface area contributed by atoms with Gasteiger partial charge in [0.25, 0.3) is 0 Å². The standard InChI is InChI=1S/C7H16O2SSi/c1-5-6(10)8-11-9-7(2,3)4/h5,11H2,1-4H3. The molecule has 0 unspecified atom stereocenters. The molecule has 0 aromatic carbocycles. The number of hydrogen-bond donors (Lipinski definition) is 0. The van der Waals surface area contributed by atoms with Crippen LogP contribution >= 0.6 is 12.2 Å². The van der Waals surface area contributed by atoms with Gasteiger partial charge < -0.3 is 8.85 Å². The van der Waals surface area contributed by atoms with Crippen LogP contribution in [-0.2, 0) is 8.85 Å². The molecule has 0 N–H and O–H groups in total. The molecule has 0 aromatic heterocycles. The van der Waals surface area contributed by atoms with Crippen LogP contribution < -0.4 is 0 Å². The first kappa shape index (κ1) is 11.1. The van der Waals surface area contributed by atoms with Crippen molar-refractivity contribution in [1.29, 1.82) is 0 Å². The average molecular weight is 192 g/mol. The normalized spacial score (nSPS) is 12.4. The van der Waals surface area contributed by atoms with Gasteiger partial charge in [-0.25, -0.2) is 0 Å². The zero-order valence-electron chi connectivity index (χ0n) is 7.64. The molecule has 2 nitrogen and oxygen atoms in total. The summed E-state index contributed by atoms with van der Waals surface area (Å²) in [5.74, 6) is 0. The second-order valence-electron chi connectivity index (χ2n) is 3.24. The van der Waals surface area contributed by atoms with Crippen LogP contribution in [0.2, 0.25) is 0 Å². The minimum absolute atomic E-state index is 0.0877. The van der Waals surface area contributed by atoms with Gasteiger partial charge in [-0.05, 0) is 33.0 Å². The summed E-state index contributed by atoms with van der Waals surface area (Å²) >= 11 is 4.88. The molecule has 66 valence electrons. The van der Waals surface area contributed by atoms with Gasteiger partial charge in [0.1, 0.15) is 5.05 Å². The minimum Gasteiger partial charge on any atom is -0.520 e. The molecule has 11 heavy (non-hydrogen) atoms. The molecule has 0 aliphatic heterocycles. The third-order valence-corrected chi connectivity index (χ3v) is 3.07. The highest BCUT2D eigenvalue weighted by molar-refractivity contribution is 7.80. The molecule has 0 rings (SSSR count). The van der Waals surface area contributed by atoms with E-state index in [4.69, 9.17) is 21.1 Å². The van der Waals surface area contributed by atoms with Crippen LogP contribution in [0.15, 0.2) is 0 Å². The topological polar surface area (TPSA) is 18.5 Å². The van der Waals surface area contributed by atoms with Gasteiger partial charge in [-0.1, -0.05) is 6.92 Å². The van der Waals surface area contributed by atoms with Crippen molar-refractivity contribution < 1.29 is 8.85 Å². The Labute approximate surface area is 76.3 Å². The van der Waals surface area contributed by atoms with Crippen LogP contribution in [-0.4, -0.2) is 20.7 Å². The molecule has 0 heterocycles. The Morgan fingerprint density at radius 1 is 1.45 bits per heavy atom. The highest BCUT2D eigenvalue weighted by atomic mass is 32.1. The summed E-state index contributed by atoms with van der Waals surface area (Å²) in [7, 11) is -0.893.